The number of hydrogen-bond acceptors (Lipinski definition) is 4. The van der Waals surface area contributed by atoms with E-state index in [1.165, 1.54) is 0 Å². The Morgan fingerprint density at radius 2 is 2.36 bits per heavy atom. The van der Waals surface area contributed by atoms with E-state index >= 15 is 0 Å². The molecule has 5 nitrogen and oxygen atoms in total. The molecule has 130 valence electrons. The van der Waals surface area contributed by atoms with Gasteiger partial charge in [-0.1, -0.05) is 11.6 Å². The largest absolute Gasteiger partial charge is 0.381 e. The Labute approximate surface area is 154 Å². The second-order valence-electron chi connectivity index (χ2n) is 6.25. The van der Waals surface area contributed by atoms with E-state index in [-0.39, 0.29) is 5.91 Å². The van der Waals surface area contributed by atoms with Crippen molar-refractivity contribution in [3.05, 3.63) is 45.9 Å². The topological polar surface area (TPSA) is 67.0 Å². The highest BCUT2D eigenvalue weighted by molar-refractivity contribution is 7.17. The van der Waals surface area contributed by atoms with Gasteiger partial charge in [0, 0.05) is 34.0 Å². The van der Waals surface area contributed by atoms with E-state index in [0.29, 0.717) is 29.8 Å². The van der Waals surface area contributed by atoms with E-state index < -0.39 is 0 Å². The van der Waals surface area contributed by atoms with Crippen LogP contribution in [0.4, 0.5) is 5.82 Å². The number of benzene rings is 1. The molecular formula is C18H18ClN3O2S. The van der Waals surface area contributed by atoms with Crippen molar-refractivity contribution < 1.29 is 9.53 Å². The van der Waals surface area contributed by atoms with Crippen molar-refractivity contribution in [3.8, 4) is 0 Å². The maximum Gasteiger partial charge on any atom is 0.230 e. The zero-order valence-corrected chi connectivity index (χ0v) is 15.1. The molecule has 1 aliphatic heterocycles. The van der Waals surface area contributed by atoms with Gasteiger partial charge in [0.15, 0.2) is 5.82 Å². The molecule has 0 spiro atoms. The highest BCUT2D eigenvalue weighted by Gasteiger charge is 2.19. The van der Waals surface area contributed by atoms with Crippen LogP contribution in [0.15, 0.2) is 29.6 Å². The number of aromatic amines is 1. The molecule has 25 heavy (non-hydrogen) atoms. The number of aromatic nitrogens is 2. The van der Waals surface area contributed by atoms with Crippen LogP contribution in [0.2, 0.25) is 5.02 Å². The van der Waals surface area contributed by atoms with Gasteiger partial charge in [-0.05, 0) is 47.4 Å². The summed E-state index contributed by atoms with van der Waals surface area (Å²) in [6.45, 7) is 1.53. The molecule has 0 bridgehead atoms. The molecule has 1 saturated heterocycles. The van der Waals surface area contributed by atoms with Gasteiger partial charge >= 0.3 is 0 Å². The third-order valence-corrected chi connectivity index (χ3v) is 5.68. The number of nitrogens with zero attached hydrogens (tertiary/aromatic N) is 1. The lowest BCUT2D eigenvalue weighted by Gasteiger charge is -2.20. The Hall–Kier alpha value is -1.89. The van der Waals surface area contributed by atoms with E-state index in [9.17, 15) is 4.79 Å². The fourth-order valence-electron chi connectivity index (χ4n) is 3.15. The molecule has 1 aromatic carbocycles. The predicted molar refractivity (Wildman–Crippen MR) is 101 cm³/mol. The molecule has 3 aromatic rings. The fourth-order valence-corrected chi connectivity index (χ4v) is 4.26. The minimum absolute atomic E-state index is 0.0855. The van der Waals surface area contributed by atoms with Crippen LogP contribution in [-0.2, 0) is 16.0 Å². The lowest BCUT2D eigenvalue weighted by atomic mass is 9.99. The number of ether oxygens (including phenoxy) is 1. The number of rotatable bonds is 4. The second-order valence-corrected chi connectivity index (χ2v) is 7.60. The normalized spacial score (nSPS) is 17.7. The molecule has 3 heterocycles. The maximum absolute atomic E-state index is 12.4. The molecule has 2 N–H and O–H groups in total. The molecule has 1 aliphatic rings. The van der Waals surface area contributed by atoms with Gasteiger partial charge in [-0.3, -0.25) is 9.89 Å². The lowest BCUT2D eigenvalue weighted by molar-refractivity contribution is -0.115. The molecule has 7 heteroatoms. The summed E-state index contributed by atoms with van der Waals surface area (Å²) in [4.78, 5) is 12.4. The quantitative estimate of drug-likeness (QED) is 0.712. The van der Waals surface area contributed by atoms with Crippen molar-refractivity contribution in [2.75, 3.05) is 18.5 Å². The van der Waals surface area contributed by atoms with Crippen LogP contribution >= 0.6 is 22.9 Å². The number of fused-ring (bicyclic) bond motifs is 1. The van der Waals surface area contributed by atoms with E-state index in [2.05, 4.69) is 15.5 Å². The van der Waals surface area contributed by atoms with Crippen LogP contribution in [0.25, 0.3) is 10.1 Å². The van der Waals surface area contributed by atoms with Crippen molar-refractivity contribution in [2.24, 2.45) is 0 Å². The van der Waals surface area contributed by atoms with Gasteiger partial charge in [0.2, 0.25) is 5.91 Å². The van der Waals surface area contributed by atoms with Crippen molar-refractivity contribution in [1.82, 2.24) is 10.2 Å². The molecule has 0 aliphatic carbocycles. The van der Waals surface area contributed by atoms with Crippen LogP contribution in [0, 0.1) is 0 Å². The molecule has 1 atom stereocenters. The highest BCUT2D eigenvalue weighted by Crippen LogP contribution is 2.29. The standard InChI is InChI=1S/C18H18ClN3O2S/c19-13-3-4-16-14(7-13)12(10-25-16)6-18(23)20-17-8-15(21-22-17)11-2-1-5-24-9-11/h3-4,7-8,10-11H,1-2,5-6,9H2,(H2,20,21,22,23). The monoisotopic (exact) mass is 375 g/mol. The van der Waals surface area contributed by atoms with E-state index in [4.69, 9.17) is 16.3 Å². The average molecular weight is 376 g/mol. The minimum Gasteiger partial charge on any atom is -0.381 e. The van der Waals surface area contributed by atoms with Crippen LogP contribution in [-0.4, -0.2) is 29.3 Å². The van der Waals surface area contributed by atoms with Crippen LogP contribution < -0.4 is 5.32 Å². The van der Waals surface area contributed by atoms with Gasteiger partial charge < -0.3 is 10.1 Å². The summed E-state index contributed by atoms with van der Waals surface area (Å²) >= 11 is 7.69. The Kier molecular flexibility index (Phi) is 4.74. The van der Waals surface area contributed by atoms with Crippen molar-refractivity contribution >= 4 is 44.7 Å². The van der Waals surface area contributed by atoms with E-state index in [0.717, 1.165) is 40.8 Å². The third kappa shape index (κ3) is 3.71. The summed E-state index contributed by atoms with van der Waals surface area (Å²) in [6.07, 6.45) is 2.44. The molecule has 1 fully saturated rings. The Morgan fingerprint density at radius 1 is 1.44 bits per heavy atom. The number of amides is 1. The highest BCUT2D eigenvalue weighted by atomic mass is 35.5. The zero-order valence-electron chi connectivity index (χ0n) is 13.5. The molecule has 0 radical (unpaired) electrons. The number of H-pyrrole nitrogens is 1. The van der Waals surface area contributed by atoms with Gasteiger partial charge in [0.1, 0.15) is 0 Å². The Balaban J connectivity index is 1.43. The number of halogens is 1. The van der Waals surface area contributed by atoms with Gasteiger partial charge in [0.05, 0.1) is 13.0 Å². The summed E-state index contributed by atoms with van der Waals surface area (Å²) in [5.41, 5.74) is 2.00. The first-order valence-electron chi connectivity index (χ1n) is 8.27. The summed E-state index contributed by atoms with van der Waals surface area (Å²) in [6, 6.07) is 7.66. The van der Waals surface area contributed by atoms with Crippen molar-refractivity contribution in [3.63, 3.8) is 0 Å². The fraction of sp³-hybridized carbons (Fsp3) is 0.333. The van der Waals surface area contributed by atoms with Crippen LogP contribution in [0.3, 0.4) is 0 Å². The maximum atomic E-state index is 12.4. The average Bonchev–Trinajstić information content (AvgIpc) is 3.23. The smallest absolute Gasteiger partial charge is 0.230 e. The van der Waals surface area contributed by atoms with Crippen molar-refractivity contribution in [2.45, 2.75) is 25.2 Å². The summed E-state index contributed by atoms with van der Waals surface area (Å²) in [5.74, 6) is 0.802. The molecule has 4 rings (SSSR count). The molecule has 0 saturated carbocycles. The number of carbonyl (C=O) groups is 1. The number of carbonyl (C=O) groups excluding carboxylic acids is 1. The van der Waals surface area contributed by atoms with Gasteiger partial charge in [0.25, 0.3) is 0 Å². The first-order valence-corrected chi connectivity index (χ1v) is 9.53. The Morgan fingerprint density at radius 3 is 3.20 bits per heavy atom. The van der Waals surface area contributed by atoms with E-state index in [1.807, 2.05) is 29.6 Å². The van der Waals surface area contributed by atoms with Gasteiger partial charge in [-0.15, -0.1) is 11.3 Å². The molecular weight excluding hydrogens is 358 g/mol. The van der Waals surface area contributed by atoms with Crippen molar-refractivity contribution in [1.29, 1.82) is 0 Å². The first kappa shape index (κ1) is 16.6. The number of nitrogens with one attached hydrogen (secondary N) is 2. The SMILES string of the molecule is O=C(Cc1csc2ccc(Cl)cc12)Nc1cc(C2CCCOC2)[nH]n1. The number of anilines is 1. The second kappa shape index (κ2) is 7.15. The summed E-state index contributed by atoms with van der Waals surface area (Å²) in [5, 5.41) is 13.8. The Bertz CT molecular complexity index is 899. The predicted octanol–water partition coefficient (Wildman–Crippen LogP) is 4.35. The van der Waals surface area contributed by atoms with Gasteiger partial charge in [-0.25, -0.2) is 0 Å². The minimum atomic E-state index is -0.0855. The van der Waals surface area contributed by atoms with Crippen LogP contribution in [0.1, 0.15) is 30.0 Å². The molecule has 1 unspecified atom stereocenters. The zero-order chi connectivity index (χ0) is 17.2. The first-order chi connectivity index (χ1) is 12.2. The molecule has 1 amide bonds. The number of thiophene rings is 1. The lowest BCUT2D eigenvalue weighted by Crippen LogP contribution is -2.15. The molecule has 2 aromatic heterocycles. The van der Waals surface area contributed by atoms with Gasteiger partial charge in [-0.2, -0.15) is 5.10 Å². The third-order valence-electron chi connectivity index (χ3n) is 4.43. The van der Waals surface area contributed by atoms with Crippen LogP contribution in [0.5, 0.6) is 0 Å². The summed E-state index contributed by atoms with van der Waals surface area (Å²) in [7, 11) is 0. The number of hydrogen-bond donors (Lipinski definition) is 2. The van der Waals surface area contributed by atoms with E-state index in [1.54, 1.807) is 11.3 Å². The summed E-state index contributed by atoms with van der Waals surface area (Å²) < 4.78 is 6.63.